The molecule has 1 aliphatic rings. The van der Waals surface area contributed by atoms with Gasteiger partial charge in [0.15, 0.2) is 16.7 Å². The average Bonchev–Trinajstić information content (AvgIpc) is 3.22. The van der Waals surface area contributed by atoms with Crippen molar-refractivity contribution in [2.45, 2.75) is 26.7 Å². The summed E-state index contributed by atoms with van der Waals surface area (Å²) in [6.45, 7) is 4.19. The molecule has 7 heteroatoms. The normalized spacial score (nSPS) is 15.6. The second kappa shape index (κ2) is 11.4. The summed E-state index contributed by atoms with van der Waals surface area (Å²) < 4.78 is 16.5. The van der Waals surface area contributed by atoms with Crippen LogP contribution in [0.1, 0.15) is 30.5 Å². The molecule has 0 aliphatic carbocycles. The number of hydrogen-bond acceptors (Lipinski definition) is 6. The molecule has 1 saturated heterocycles. The Balaban J connectivity index is 1.87. The summed E-state index contributed by atoms with van der Waals surface area (Å²) in [6, 6.07) is 19.5. The molecule has 6 nitrogen and oxygen atoms in total. The Morgan fingerprint density at radius 2 is 1.44 bits per heavy atom. The van der Waals surface area contributed by atoms with E-state index in [1.165, 1.54) is 11.8 Å². The number of amides is 1. The molecule has 0 spiro atoms. The van der Waals surface area contributed by atoms with E-state index in [1.807, 2.05) is 54.6 Å². The van der Waals surface area contributed by atoms with Crippen molar-refractivity contribution in [3.8, 4) is 17.2 Å². The van der Waals surface area contributed by atoms with Gasteiger partial charge in [0.1, 0.15) is 5.75 Å². The second-order valence-electron chi connectivity index (χ2n) is 8.06. The van der Waals surface area contributed by atoms with Gasteiger partial charge in [0, 0.05) is 11.6 Å². The number of benzene rings is 3. The number of aryl methyl sites for hydroxylation is 2. The molecule has 3 aromatic rings. The Labute approximate surface area is 216 Å². The van der Waals surface area contributed by atoms with Crippen molar-refractivity contribution in [3.05, 3.63) is 82.3 Å². The van der Waals surface area contributed by atoms with E-state index in [1.54, 1.807) is 32.3 Å². The van der Waals surface area contributed by atoms with Crippen LogP contribution in [0.5, 0.6) is 17.2 Å². The zero-order chi connectivity index (χ0) is 25.7. The zero-order valence-electron chi connectivity index (χ0n) is 21.2. The number of amidine groups is 1. The number of hydrogen-bond donors (Lipinski definition) is 0. The van der Waals surface area contributed by atoms with Gasteiger partial charge in [-0.3, -0.25) is 9.69 Å². The highest BCUT2D eigenvalue weighted by molar-refractivity contribution is 8.19. The lowest BCUT2D eigenvalue weighted by Gasteiger charge is -2.19. The highest BCUT2D eigenvalue weighted by Crippen LogP contribution is 2.42. The predicted molar refractivity (Wildman–Crippen MR) is 148 cm³/mol. The predicted octanol–water partition coefficient (Wildman–Crippen LogP) is 6.65. The standard InChI is InChI=1S/C29H30N2O4S/c1-6-19-12-8-10-14-22(19)30-29-31(23-15-11-9-13-20(23)7-2)28(32)27(36-29)17-21-16-25(34-4)26(35-5)18-24(21)33-3/h8-18H,6-7H2,1-5H3/b27-17-,30-29?. The van der Waals surface area contributed by atoms with Crippen molar-refractivity contribution in [1.29, 1.82) is 0 Å². The monoisotopic (exact) mass is 502 g/mol. The summed E-state index contributed by atoms with van der Waals surface area (Å²) in [5, 5.41) is 0.618. The first-order chi connectivity index (χ1) is 17.5. The van der Waals surface area contributed by atoms with Crippen LogP contribution in [-0.4, -0.2) is 32.4 Å². The van der Waals surface area contributed by atoms with Gasteiger partial charge in [0.25, 0.3) is 5.91 Å². The van der Waals surface area contributed by atoms with Crippen LogP contribution in [0.2, 0.25) is 0 Å². The molecule has 0 bridgehead atoms. The van der Waals surface area contributed by atoms with Crippen LogP contribution in [0.15, 0.2) is 70.6 Å². The Bertz CT molecular complexity index is 1330. The van der Waals surface area contributed by atoms with Crippen LogP contribution < -0.4 is 19.1 Å². The number of carbonyl (C=O) groups is 1. The lowest BCUT2D eigenvalue weighted by Crippen LogP contribution is -2.29. The van der Waals surface area contributed by atoms with E-state index in [9.17, 15) is 4.79 Å². The molecule has 0 radical (unpaired) electrons. The van der Waals surface area contributed by atoms with Gasteiger partial charge in [-0.25, -0.2) is 4.99 Å². The summed E-state index contributed by atoms with van der Waals surface area (Å²) in [6.07, 6.45) is 3.47. The van der Waals surface area contributed by atoms with Crippen molar-refractivity contribution in [2.75, 3.05) is 26.2 Å². The van der Waals surface area contributed by atoms with Gasteiger partial charge >= 0.3 is 0 Å². The molecule has 1 heterocycles. The van der Waals surface area contributed by atoms with Crippen molar-refractivity contribution in [3.63, 3.8) is 0 Å². The number of rotatable bonds is 8. The van der Waals surface area contributed by atoms with E-state index in [0.717, 1.165) is 35.3 Å². The van der Waals surface area contributed by atoms with Crippen LogP contribution in [-0.2, 0) is 17.6 Å². The molecule has 3 aromatic carbocycles. The van der Waals surface area contributed by atoms with Crippen molar-refractivity contribution >= 4 is 40.3 Å². The van der Waals surface area contributed by atoms with Crippen LogP contribution in [0.3, 0.4) is 0 Å². The lowest BCUT2D eigenvalue weighted by atomic mass is 10.1. The molecular formula is C29H30N2O4S. The topological polar surface area (TPSA) is 60.4 Å². The maximum absolute atomic E-state index is 13.9. The van der Waals surface area contributed by atoms with E-state index < -0.39 is 0 Å². The highest BCUT2D eigenvalue weighted by Gasteiger charge is 2.36. The van der Waals surface area contributed by atoms with Crippen LogP contribution in [0.25, 0.3) is 6.08 Å². The molecule has 1 fully saturated rings. The first-order valence-corrected chi connectivity index (χ1v) is 12.6. The van der Waals surface area contributed by atoms with Gasteiger partial charge in [-0.05, 0) is 60.0 Å². The molecule has 0 atom stereocenters. The maximum Gasteiger partial charge on any atom is 0.271 e. The van der Waals surface area contributed by atoms with E-state index in [4.69, 9.17) is 19.2 Å². The number of methoxy groups -OCH3 is 3. The third kappa shape index (κ3) is 4.97. The van der Waals surface area contributed by atoms with Gasteiger partial charge < -0.3 is 14.2 Å². The molecule has 186 valence electrons. The number of aliphatic imine (C=N–C) groups is 1. The molecule has 36 heavy (non-hydrogen) atoms. The number of anilines is 1. The van der Waals surface area contributed by atoms with Gasteiger partial charge in [-0.2, -0.15) is 0 Å². The molecule has 0 saturated carbocycles. The molecule has 4 rings (SSSR count). The minimum Gasteiger partial charge on any atom is -0.496 e. The van der Waals surface area contributed by atoms with Crippen molar-refractivity contribution in [2.24, 2.45) is 4.99 Å². The summed E-state index contributed by atoms with van der Waals surface area (Å²) in [5.74, 6) is 1.56. The largest absolute Gasteiger partial charge is 0.496 e. The fraction of sp³-hybridized carbons (Fsp3) is 0.241. The summed E-state index contributed by atoms with van der Waals surface area (Å²) in [7, 11) is 4.74. The summed E-state index contributed by atoms with van der Waals surface area (Å²) in [4.78, 5) is 21.1. The Morgan fingerprint density at radius 1 is 0.833 bits per heavy atom. The fourth-order valence-corrected chi connectivity index (χ4v) is 5.10. The van der Waals surface area contributed by atoms with E-state index in [-0.39, 0.29) is 5.91 Å². The molecule has 1 aliphatic heterocycles. The minimum atomic E-state index is -0.134. The maximum atomic E-state index is 13.9. The molecule has 0 N–H and O–H groups in total. The third-order valence-electron chi connectivity index (χ3n) is 6.03. The number of para-hydroxylation sites is 2. The number of ether oxygens (including phenoxy) is 3. The van der Waals surface area contributed by atoms with Crippen molar-refractivity contribution < 1.29 is 19.0 Å². The van der Waals surface area contributed by atoms with Gasteiger partial charge in [-0.15, -0.1) is 0 Å². The molecular weight excluding hydrogens is 472 g/mol. The van der Waals surface area contributed by atoms with Gasteiger partial charge in [-0.1, -0.05) is 50.2 Å². The molecule has 0 unspecified atom stereocenters. The van der Waals surface area contributed by atoms with E-state index >= 15 is 0 Å². The third-order valence-corrected chi connectivity index (χ3v) is 7.00. The number of nitrogens with zero attached hydrogens (tertiary/aromatic N) is 2. The Morgan fingerprint density at radius 3 is 2.11 bits per heavy atom. The zero-order valence-corrected chi connectivity index (χ0v) is 22.0. The number of thioether (sulfide) groups is 1. The fourth-order valence-electron chi connectivity index (χ4n) is 4.12. The lowest BCUT2D eigenvalue weighted by molar-refractivity contribution is -0.113. The smallest absolute Gasteiger partial charge is 0.271 e. The Hall–Kier alpha value is -3.71. The van der Waals surface area contributed by atoms with Crippen LogP contribution in [0.4, 0.5) is 11.4 Å². The molecule has 1 amide bonds. The average molecular weight is 503 g/mol. The van der Waals surface area contributed by atoms with E-state index in [0.29, 0.717) is 32.9 Å². The van der Waals surface area contributed by atoms with Crippen LogP contribution in [0, 0.1) is 0 Å². The van der Waals surface area contributed by atoms with Gasteiger partial charge in [0.05, 0.1) is 37.6 Å². The Kier molecular flexibility index (Phi) is 8.00. The van der Waals surface area contributed by atoms with Crippen molar-refractivity contribution in [1.82, 2.24) is 0 Å². The molecule has 0 aromatic heterocycles. The summed E-state index contributed by atoms with van der Waals surface area (Å²) in [5.41, 5.74) is 4.62. The van der Waals surface area contributed by atoms with Crippen LogP contribution >= 0.6 is 11.8 Å². The number of carbonyl (C=O) groups excluding carboxylic acids is 1. The minimum absolute atomic E-state index is 0.134. The highest BCUT2D eigenvalue weighted by atomic mass is 32.2. The van der Waals surface area contributed by atoms with E-state index in [2.05, 4.69) is 19.9 Å². The quantitative estimate of drug-likeness (QED) is 0.323. The van der Waals surface area contributed by atoms with Gasteiger partial charge in [0.2, 0.25) is 0 Å². The second-order valence-corrected chi connectivity index (χ2v) is 9.07. The first-order valence-electron chi connectivity index (χ1n) is 11.8. The first kappa shape index (κ1) is 25.4. The SMILES string of the molecule is CCc1ccccc1N=C1S/C(=C\c2cc(OC)c(OC)cc2OC)C(=O)N1c1ccccc1CC. The summed E-state index contributed by atoms with van der Waals surface area (Å²) >= 11 is 1.35.